The van der Waals surface area contributed by atoms with Crippen LogP contribution in [0.2, 0.25) is 0 Å². The topological polar surface area (TPSA) is 144 Å². The average molecular weight is 616 g/mol. The number of nitrogens with zero attached hydrogens (tertiary/aromatic N) is 3. The Morgan fingerprint density at radius 2 is 1.98 bits per heavy atom. The van der Waals surface area contributed by atoms with E-state index in [0.717, 1.165) is 22.4 Å². The molecule has 11 nitrogen and oxygen atoms in total. The third-order valence-corrected chi connectivity index (χ3v) is 8.11. The molecule has 238 valence electrons. The predicted octanol–water partition coefficient (Wildman–Crippen LogP) is 4.17. The minimum atomic E-state index is -1.04. The van der Waals surface area contributed by atoms with Gasteiger partial charge in [-0.15, -0.1) is 0 Å². The molecule has 3 heterocycles. The molecule has 5 rings (SSSR count). The van der Waals surface area contributed by atoms with Crippen molar-refractivity contribution in [1.29, 1.82) is 5.26 Å². The van der Waals surface area contributed by atoms with E-state index in [2.05, 4.69) is 27.8 Å². The van der Waals surface area contributed by atoms with Crippen molar-refractivity contribution in [2.45, 2.75) is 70.6 Å². The lowest BCUT2D eigenvalue weighted by atomic mass is 9.95. The molecule has 6 bridgehead atoms. The molecule has 3 N–H and O–H groups in total. The van der Waals surface area contributed by atoms with E-state index in [4.69, 9.17) is 14.7 Å². The van der Waals surface area contributed by atoms with E-state index in [0.29, 0.717) is 38.0 Å². The molecule has 1 fully saturated rings. The van der Waals surface area contributed by atoms with Crippen molar-refractivity contribution in [2.24, 2.45) is 5.92 Å². The van der Waals surface area contributed by atoms with Gasteiger partial charge in [0.15, 0.2) is 0 Å². The summed E-state index contributed by atoms with van der Waals surface area (Å²) in [5, 5.41) is 24.0. The number of esters is 1. The summed E-state index contributed by atoms with van der Waals surface area (Å²) < 4.78 is 11.2. The number of carbonyl (C=O) groups is 3. The number of phenolic OH excluding ortho intramolecular Hbond substituents is 1. The van der Waals surface area contributed by atoms with Gasteiger partial charge in [0.2, 0.25) is 0 Å². The minimum Gasteiger partial charge on any atom is -0.508 e. The molecular formula is C34H41N5O6. The van der Waals surface area contributed by atoms with Crippen LogP contribution in [0.1, 0.15) is 57.6 Å². The third-order valence-electron chi connectivity index (χ3n) is 8.11. The molecule has 0 radical (unpaired) electrons. The quantitative estimate of drug-likeness (QED) is 0.335. The second-order valence-corrected chi connectivity index (χ2v) is 13.1. The van der Waals surface area contributed by atoms with Gasteiger partial charge in [-0.3, -0.25) is 14.6 Å². The highest BCUT2D eigenvalue weighted by atomic mass is 16.6. The second kappa shape index (κ2) is 13.2. The Balaban J connectivity index is 1.55. The number of cyclic esters (lactones) is 1. The van der Waals surface area contributed by atoms with Crippen molar-refractivity contribution < 1.29 is 29.0 Å². The largest absolute Gasteiger partial charge is 0.508 e. The monoisotopic (exact) mass is 615 g/mol. The molecule has 4 atom stereocenters. The average Bonchev–Trinajstić information content (AvgIpc) is 3.32. The fraction of sp³-hybridized carbons (Fsp3) is 0.471. The van der Waals surface area contributed by atoms with E-state index in [1.165, 1.54) is 11.1 Å². The summed E-state index contributed by atoms with van der Waals surface area (Å²) in [5.41, 5.74) is 6.60. The fourth-order valence-electron chi connectivity index (χ4n) is 6.14. The Hall–Kier alpha value is -4.56. The number of amides is 2. The van der Waals surface area contributed by atoms with Crippen molar-refractivity contribution >= 4 is 23.7 Å². The number of allylic oxidation sites excluding steroid dienone is 1. The smallest absolute Gasteiger partial charge is 0.408 e. The zero-order valence-corrected chi connectivity index (χ0v) is 26.2. The van der Waals surface area contributed by atoms with Crippen molar-refractivity contribution in [3.63, 3.8) is 0 Å². The van der Waals surface area contributed by atoms with Gasteiger partial charge in [0.1, 0.15) is 23.4 Å². The maximum atomic E-state index is 13.9. The molecule has 11 heteroatoms. The Kier molecular flexibility index (Phi) is 9.34. The molecule has 1 unspecified atom stereocenters. The number of aromatic hydroxyl groups is 1. The second-order valence-electron chi connectivity index (χ2n) is 13.1. The first kappa shape index (κ1) is 31.9. The highest BCUT2D eigenvalue weighted by Crippen LogP contribution is 2.41. The maximum Gasteiger partial charge on any atom is 0.408 e. The van der Waals surface area contributed by atoms with Gasteiger partial charge in [-0.1, -0.05) is 31.2 Å². The number of phenols is 1. The van der Waals surface area contributed by atoms with Gasteiger partial charge < -0.3 is 24.8 Å². The van der Waals surface area contributed by atoms with Crippen molar-refractivity contribution in [1.82, 2.24) is 15.8 Å². The molecular weight excluding hydrogens is 574 g/mol. The number of ether oxygens (including phenoxy) is 2. The summed E-state index contributed by atoms with van der Waals surface area (Å²) >= 11 is 0. The van der Waals surface area contributed by atoms with Crippen LogP contribution in [0.4, 0.5) is 10.5 Å². The van der Waals surface area contributed by atoms with Crippen molar-refractivity contribution in [3.8, 4) is 22.9 Å². The van der Waals surface area contributed by atoms with E-state index >= 15 is 0 Å². The molecule has 3 aliphatic rings. The number of rotatable bonds is 2. The van der Waals surface area contributed by atoms with Crippen LogP contribution in [0, 0.1) is 17.2 Å². The van der Waals surface area contributed by atoms with Gasteiger partial charge in [-0.25, -0.2) is 10.2 Å². The molecule has 0 spiro atoms. The van der Waals surface area contributed by atoms with E-state index in [1.807, 2.05) is 31.2 Å². The van der Waals surface area contributed by atoms with Gasteiger partial charge in [-0.05, 0) is 74.1 Å². The number of alkyl carbamates (subject to hydrolysis) is 1. The molecule has 2 aromatic rings. The summed E-state index contributed by atoms with van der Waals surface area (Å²) in [5.74, 6) is -0.810. The number of fused-ring (bicyclic) bond motifs is 6. The molecule has 3 aliphatic heterocycles. The molecule has 0 aliphatic carbocycles. The number of carbonyl (C=O) groups excluding carboxylic acids is 3. The fourth-order valence-corrected chi connectivity index (χ4v) is 6.14. The lowest BCUT2D eigenvalue weighted by molar-refractivity contribution is -0.153. The molecule has 0 aromatic heterocycles. The van der Waals surface area contributed by atoms with Crippen LogP contribution in [0.25, 0.3) is 11.1 Å². The summed E-state index contributed by atoms with van der Waals surface area (Å²) in [6.07, 6.45) is 3.81. The summed E-state index contributed by atoms with van der Waals surface area (Å²) in [4.78, 5) is 42.1. The lowest BCUT2D eigenvalue weighted by Gasteiger charge is -2.35. The standard InChI is InChI=1S/C34H41N5O6/c1-21-18-38-19-24(7-5-11-35)27-10-9-23(17-30(27)38)25-13-22(14-26(40)16-25)15-29(36-33(43)45-34(2,3)4)31(41)39-12-6-8-28(37-39)32(42)44-20-21/h5,7,9-10,13-14,16-17,21,24,28-29,37,40H,6,8,12,15,18-20H2,1-4H3,(H,36,43)/b7-5+/t21-,24?,28-,29-/m0/s1. The van der Waals surface area contributed by atoms with E-state index in [-0.39, 0.29) is 30.6 Å². The van der Waals surface area contributed by atoms with Crippen LogP contribution in [-0.2, 0) is 25.5 Å². The normalized spacial score (nSPS) is 24.0. The maximum absolute atomic E-state index is 13.9. The SMILES string of the molecule is C[C@@H]1COC(=O)[C@@H]2CCCN(N2)C(=O)[C@@H](NC(=O)OC(C)(C)C)Cc2cc(O)cc(c2)-c2ccc3c(c2)N(CC3/C=C/C#N)C1. The zero-order chi connectivity index (χ0) is 32.3. The number of anilines is 1. The Morgan fingerprint density at radius 1 is 1.18 bits per heavy atom. The number of nitriles is 1. The van der Waals surface area contributed by atoms with Crippen molar-refractivity contribution in [2.75, 3.05) is 31.1 Å². The molecule has 0 saturated carbocycles. The first-order chi connectivity index (χ1) is 21.4. The number of nitrogens with one attached hydrogen (secondary N) is 2. The number of hydrogen-bond acceptors (Lipinski definition) is 9. The van der Waals surface area contributed by atoms with Crippen LogP contribution in [0.15, 0.2) is 48.6 Å². The number of hydrogen-bond donors (Lipinski definition) is 3. The Morgan fingerprint density at radius 3 is 2.73 bits per heavy atom. The van der Waals surface area contributed by atoms with E-state index in [9.17, 15) is 19.5 Å². The van der Waals surface area contributed by atoms with E-state index < -0.39 is 35.7 Å². The molecule has 2 aromatic carbocycles. The van der Waals surface area contributed by atoms with Gasteiger partial charge in [0.05, 0.1) is 12.7 Å². The van der Waals surface area contributed by atoms with Gasteiger partial charge >= 0.3 is 12.1 Å². The third kappa shape index (κ3) is 7.75. The lowest BCUT2D eigenvalue weighted by Crippen LogP contribution is -2.60. The predicted molar refractivity (Wildman–Crippen MR) is 168 cm³/mol. The highest BCUT2D eigenvalue weighted by Gasteiger charge is 2.35. The zero-order valence-electron chi connectivity index (χ0n) is 26.2. The van der Waals surface area contributed by atoms with Gasteiger partial charge in [0, 0.05) is 49.7 Å². The number of benzene rings is 2. The number of hydrazine groups is 1. The van der Waals surface area contributed by atoms with Crippen LogP contribution in [0.5, 0.6) is 5.75 Å². The summed E-state index contributed by atoms with van der Waals surface area (Å²) in [6, 6.07) is 11.6. The molecule has 2 amide bonds. The van der Waals surface area contributed by atoms with Gasteiger partial charge in [0.25, 0.3) is 5.91 Å². The first-order valence-electron chi connectivity index (χ1n) is 15.4. The summed E-state index contributed by atoms with van der Waals surface area (Å²) in [7, 11) is 0. The van der Waals surface area contributed by atoms with Crippen LogP contribution in [0.3, 0.4) is 0 Å². The summed E-state index contributed by atoms with van der Waals surface area (Å²) in [6.45, 7) is 9.10. The van der Waals surface area contributed by atoms with E-state index in [1.54, 1.807) is 32.9 Å². The van der Waals surface area contributed by atoms with Crippen LogP contribution >= 0.6 is 0 Å². The Labute approximate surface area is 263 Å². The van der Waals surface area contributed by atoms with Crippen LogP contribution < -0.4 is 15.6 Å². The molecule has 45 heavy (non-hydrogen) atoms. The van der Waals surface area contributed by atoms with Crippen LogP contribution in [-0.4, -0.2) is 72.0 Å². The van der Waals surface area contributed by atoms with Crippen molar-refractivity contribution in [3.05, 3.63) is 59.7 Å². The highest BCUT2D eigenvalue weighted by molar-refractivity contribution is 5.87. The van der Waals surface area contributed by atoms with Gasteiger partial charge in [-0.2, -0.15) is 5.26 Å². The molecule has 1 saturated heterocycles. The Bertz CT molecular complexity index is 1530. The first-order valence-corrected chi connectivity index (χ1v) is 15.4. The minimum absolute atomic E-state index is 0.000793.